The number of aliphatic hydroxyl groups excluding tert-OH is 1. The van der Waals surface area contributed by atoms with Crippen molar-refractivity contribution in [2.24, 2.45) is 17.8 Å². The predicted octanol–water partition coefficient (Wildman–Crippen LogP) is 24.5. The molecule has 5 atom stereocenters. The Morgan fingerprint density at radius 3 is 0.673 bits per heavy atom. The maximum atomic E-state index is 13.1. The van der Waals surface area contributed by atoms with Crippen LogP contribution in [0.25, 0.3) is 0 Å². The van der Waals surface area contributed by atoms with Gasteiger partial charge in [-0.05, 0) is 43.4 Å². The molecule has 3 N–H and O–H groups in total. The van der Waals surface area contributed by atoms with Crippen molar-refractivity contribution < 1.29 is 80.2 Å². The lowest BCUT2D eigenvalue weighted by Crippen LogP contribution is -2.30. The topological polar surface area (TPSA) is 237 Å². The zero-order valence-corrected chi connectivity index (χ0v) is 68.2. The number of phosphoric acid groups is 2. The van der Waals surface area contributed by atoms with Gasteiger partial charge in [0.15, 0.2) is 12.2 Å². The van der Waals surface area contributed by atoms with Crippen LogP contribution in [0.3, 0.4) is 0 Å². The maximum absolute atomic E-state index is 13.1. The number of ether oxygens (including phenoxy) is 4. The Morgan fingerprint density at radius 1 is 0.267 bits per heavy atom. The number of hydrogen-bond donors (Lipinski definition) is 3. The van der Waals surface area contributed by atoms with Crippen molar-refractivity contribution in [3.63, 3.8) is 0 Å². The average molecular weight is 1480 g/mol. The molecule has 0 amide bonds. The molecular formula is C82H160O17P2. The molecule has 101 heavy (non-hydrogen) atoms. The average Bonchev–Trinajstić information content (AvgIpc) is 0.938. The van der Waals surface area contributed by atoms with Gasteiger partial charge in [0.25, 0.3) is 0 Å². The van der Waals surface area contributed by atoms with E-state index in [1.807, 2.05) is 0 Å². The number of carbonyl (C=O) groups is 4. The summed E-state index contributed by atoms with van der Waals surface area (Å²) in [5.41, 5.74) is 0. The second kappa shape index (κ2) is 72.3. The van der Waals surface area contributed by atoms with Gasteiger partial charge in [0, 0.05) is 25.7 Å². The van der Waals surface area contributed by atoms with Crippen LogP contribution in [0.1, 0.15) is 427 Å². The Labute approximate surface area is 619 Å². The molecule has 0 saturated carbocycles. The standard InChI is InChI=1S/C82H160O17P2/c1-8-9-10-11-12-13-25-35-42-49-56-63-79(84)92-69-77(99-82(87)66-59-52-45-38-31-24-23-28-34-41-48-55-62-75(6)7)71-96-100(88,89)94-67-76(83)68-95-101(90,91)97-72-78(70-93-80(85)64-57-50-43-36-29-21-18-17-20-27-33-40-47-54-61-74(4)5)98-81(86)65-58-51-44-37-30-22-16-14-15-19-26-32-39-46-53-60-73(2)3/h73-78,83H,8-72H2,1-7H3,(H,88,89)(H,90,91)/t76-,77+,78+/m0/s1. The smallest absolute Gasteiger partial charge is 0.462 e. The Bertz CT molecular complexity index is 1960. The van der Waals surface area contributed by atoms with E-state index in [0.717, 1.165) is 108 Å². The molecule has 0 aliphatic heterocycles. The van der Waals surface area contributed by atoms with Gasteiger partial charge in [-0.15, -0.1) is 0 Å². The van der Waals surface area contributed by atoms with E-state index >= 15 is 0 Å². The zero-order valence-electron chi connectivity index (χ0n) is 66.4. The molecule has 19 heteroatoms. The van der Waals surface area contributed by atoms with Gasteiger partial charge >= 0.3 is 39.5 Å². The van der Waals surface area contributed by atoms with Crippen molar-refractivity contribution in [3.8, 4) is 0 Å². The molecule has 0 radical (unpaired) electrons. The Balaban J connectivity index is 5.26. The van der Waals surface area contributed by atoms with Gasteiger partial charge in [0.05, 0.1) is 26.4 Å². The van der Waals surface area contributed by atoms with Crippen LogP contribution < -0.4 is 0 Å². The van der Waals surface area contributed by atoms with Crippen LogP contribution >= 0.6 is 15.6 Å². The van der Waals surface area contributed by atoms with E-state index in [2.05, 4.69) is 48.5 Å². The minimum absolute atomic E-state index is 0.107. The van der Waals surface area contributed by atoms with Crippen molar-refractivity contribution in [2.45, 2.75) is 446 Å². The highest BCUT2D eigenvalue weighted by Gasteiger charge is 2.30. The molecular weight excluding hydrogens is 1320 g/mol. The fourth-order valence-electron chi connectivity index (χ4n) is 12.7. The second-order valence-electron chi connectivity index (χ2n) is 30.9. The largest absolute Gasteiger partial charge is 0.472 e. The van der Waals surface area contributed by atoms with Gasteiger partial charge in [-0.2, -0.15) is 0 Å². The molecule has 0 aromatic rings. The van der Waals surface area contributed by atoms with E-state index in [1.165, 1.54) is 238 Å². The molecule has 0 aromatic heterocycles. The Morgan fingerprint density at radius 2 is 0.455 bits per heavy atom. The van der Waals surface area contributed by atoms with Gasteiger partial charge in [-0.3, -0.25) is 37.3 Å². The van der Waals surface area contributed by atoms with Gasteiger partial charge < -0.3 is 33.8 Å². The summed E-state index contributed by atoms with van der Waals surface area (Å²) in [6.45, 7) is 12.0. The summed E-state index contributed by atoms with van der Waals surface area (Å²) >= 11 is 0. The summed E-state index contributed by atoms with van der Waals surface area (Å²) in [5, 5.41) is 10.7. The van der Waals surface area contributed by atoms with Crippen LogP contribution in [-0.2, 0) is 65.4 Å². The quantitative estimate of drug-likeness (QED) is 0.0222. The number of carbonyl (C=O) groups excluding carboxylic acids is 4. The highest BCUT2D eigenvalue weighted by Crippen LogP contribution is 2.45. The van der Waals surface area contributed by atoms with Crippen molar-refractivity contribution in [3.05, 3.63) is 0 Å². The van der Waals surface area contributed by atoms with Gasteiger partial charge in [-0.25, -0.2) is 9.13 Å². The van der Waals surface area contributed by atoms with Crippen molar-refractivity contribution in [1.82, 2.24) is 0 Å². The predicted molar refractivity (Wildman–Crippen MR) is 414 cm³/mol. The lowest BCUT2D eigenvalue weighted by atomic mass is 10.0. The van der Waals surface area contributed by atoms with Crippen LogP contribution in [0.5, 0.6) is 0 Å². The van der Waals surface area contributed by atoms with E-state index < -0.39 is 97.5 Å². The summed E-state index contributed by atoms with van der Waals surface area (Å²) < 4.78 is 68.8. The normalized spacial score (nSPS) is 14.0. The van der Waals surface area contributed by atoms with E-state index in [-0.39, 0.29) is 25.7 Å². The monoisotopic (exact) mass is 1480 g/mol. The summed E-state index contributed by atoms with van der Waals surface area (Å²) in [7, 11) is -9.92. The third-order valence-electron chi connectivity index (χ3n) is 19.1. The third kappa shape index (κ3) is 76.1. The highest BCUT2D eigenvalue weighted by molar-refractivity contribution is 7.47. The van der Waals surface area contributed by atoms with E-state index in [4.69, 9.17) is 37.0 Å². The van der Waals surface area contributed by atoms with Gasteiger partial charge in [0.2, 0.25) is 0 Å². The minimum atomic E-state index is -4.96. The van der Waals surface area contributed by atoms with Crippen LogP contribution in [-0.4, -0.2) is 96.7 Å². The van der Waals surface area contributed by atoms with E-state index in [9.17, 15) is 43.2 Å². The molecule has 0 aromatic carbocycles. The molecule has 0 bridgehead atoms. The molecule has 17 nitrogen and oxygen atoms in total. The van der Waals surface area contributed by atoms with Crippen molar-refractivity contribution in [2.75, 3.05) is 39.6 Å². The number of unbranched alkanes of at least 4 members (excludes halogenated alkanes) is 48. The molecule has 600 valence electrons. The summed E-state index contributed by atoms with van der Waals surface area (Å²) in [6, 6.07) is 0. The summed E-state index contributed by atoms with van der Waals surface area (Å²) in [5.74, 6) is 0.271. The van der Waals surface area contributed by atoms with Crippen LogP contribution in [0.4, 0.5) is 0 Å². The lowest BCUT2D eigenvalue weighted by Gasteiger charge is -2.21. The molecule has 0 rings (SSSR count). The first-order valence-corrected chi connectivity index (χ1v) is 45.3. The molecule has 0 spiro atoms. The number of rotatable bonds is 80. The first kappa shape index (κ1) is 99.1. The molecule has 0 fully saturated rings. The Kier molecular flexibility index (Phi) is 70.9. The van der Waals surface area contributed by atoms with Crippen LogP contribution in [0.2, 0.25) is 0 Å². The number of esters is 4. The molecule has 0 saturated heterocycles. The first-order valence-electron chi connectivity index (χ1n) is 42.3. The van der Waals surface area contributed by atoms with Crippen LogP contribution in [0, 0.1) is 17.8 Å². The second-order valence-corrected chi connectivity index (χ2v) is 33.8. The molecule has 0 heterocycles. The fraction of sp³-hybridized carbons (Fsp3) is 0.951. The Hall–Kier alpha value is -1.94. The summed E-state index contributed by atoms with van der Waals surface area (Å²) in [4.78, 5) is 73.1. The van der Waals surface area contributed by atoms with Gasteiger partial charge in [0.1, 0.15) is 19.3 Å². The van der Waals surface area contributed by atoms with Crippen molar-refractivity contribution in [1.29, 1.82) is 0 Å². The molecule has 0 aliphatic rings. The maximum Gasteiger partial charge on any atom is 0.472 e. The van der Waals surface area contributed by atoms with E-state index in [1.54, 1.807) is 0 Å². The zero-order chi connectivity index (χ0) is 74.4. The molecule has 0 aliphatic carbocycles. The first-order chi connectivity index (χ1) is 48.7. The SMILES string of the molecule is CCCCCCCCCCCCCC(=O)OC[C@H](COP(=O)(O)OC[C@H](O)COP(=O)(O)OC[C@@H](COC(=O)CCCCCCCCCCCCCCCCC(C)C)OC(=O)CCCCCCCCCCCCCCCCCC(C)C)OC(=O)CCCCCCCCCCCCCCC(C)C. The highest BCUT2D eigenvalue weighted by atomic mass is 31.2. The van der Waals surface area contributed by atoms with Crippen LogP contribution in [0.15, 0.2) is 0 Å². The van der Waals surface area contributed by atoms with E-state index in [0.29, 0.717) is 25.7 Å². The number of phosphoric ester groups is 2. The minimum Gasteiger partial charge on any atom is -0.462 e. The lowest BCUT2D eigenvalue weighted by molar-refractivity contribution is -0.161. The summed E-state index contributed by atoms with van der Waals surface area (Å²) in [6.07, 6.45) is 60.9. The third-order valence-corrected chi connectivity index (χ3v) is 21.0. The molecule has 2 unspecified atom stereocenters. The van der Waals surface area contributed by atoms with Gasteiger partial charge in [-0.1, -0.05) is 376 Å². The van der Waals surface area contributed by atoms with Crippen molar-refractivity contribution >= 4 is 39.5 Å². The number of aliphatic hydroxyl groups is 1. The fourth-order valence-corrected chi connectivity index (χ4v) is 14.2. The number of hydrogen-bond acceptors (Lipinski definition) is 15.